The molecule has 2 saturated heterocycles. The first-order valence-electron chi connectivity index (χ1n) is 12.7. The Kier molecular flexibility index (Phi) is 7.55. The van der Waals surface area contributed by atoms with Crippen LogP contribution in [-0.2, 0) is 27.9 Å². The minimum atomic E-state index is -0.986. The number of carboxylic acid groups (broad SMARTS) is 1. The van der Waals surface area contributed by atoms with Crippen molar-refractivity contribution in [3.8, 4) is 17.5 Å². The van der Waals surface area contributed by atoms with Gasteiger partial charge in [0.2, 0.25) is 5.91 Å². The van der Waals surface area contributed by atoms with Gasteiger partial charge in [0.25, 0.3) is 11.9 Å². The number of amides is 3. The molecule has 3 heterocycles. The highest BCUT2D eigenvalue weighted by molar-refractivity contribution is 6.00. The van der Waals surface area contributed by atoms with Gasteiger partial charge in [0.05, 0.1) is 32.3 Å². The lowest BCUT2D eigenvalue weighted by Crippen LogP contribution is -2.49. The molecule has 3 amide bonds. The first-order chi connectivity index (χ1) is 18.8. The lowest BCUT2D eigenvalue weighted by molar-refractivity contribution is -0.155. The number of benzene rings is 2. The molecule has 12 heteroatoms. The standard InChI is InChI=1S/C27H30N4O8/c1-29-24-20(4-3-5-21(24)38-16-19-15-30(27(34)35)12-13-37-19)28-26(29)39-22-10-11-23(32)31(25(22)33)14-17-6-8-18(36-2)9-7-17/h3-9,19,22H,10-16H2,1-2H3,(H,34,35)/t19-,22?/m0/s1. The minimum Gasteiger partial charge on any atom is -0.497 e. The minimum absolute atomic E-state index is 0.143. The van der Waals surface area contributed by atoms with E-state index in [0.717, 1.165) is 5.56 Å². The Labute approximate surface area is 224 Å². The van der Waals surface area contributed by atoms with E-state index < -0.39 is 24.2 Å². The highest BCUT2D eigenvalue weighted by Crippen LogP contribution is 2.31. The molecule has 2 aromatic carbocycles. The molecule has 2 fully saturated rings. The Hall–Kier alpha value is -4.32. The summed E-state index contributed by atoms with van der Waals surface area (Å²) in [6.07, 6.45) is -1.82. The zero-order valence-electron chi connectivity index (χ0n) is 21.7. The first kappa shape index (κ1) is 26.3. The molecule has 39 heavy (non-hydrogen) atoms. The predicted molar refractivity (Wildman–Crippen MR) is 138 cm³/mol. The third kappa shape index (κ3) is 5.60. The third-order valence-electron chi connectivity index (χ3n) is 6.86. The van der Waals surface area contributed by atoms with Crippen molar-refractivity contribution >= 4 is 28.9 Å². The number of ether oxygens (including phenoxy) is 4. The number of imidazole rings is 1. The van der Waals surface area contributed by atoms with Gasteiger partial charge in [-0.2, -0.15) is 4.98 Å². The number of morpholine rings is 1. The molecule has 0 spiro atoms. The van der Waals surface area contributed by atoms with Gasteiger partial charge in [-0.15, -0.1) is 0 Å². The molecule has 2 aliphatic heterocycles. The number of carbonyl (C=O) groups excluding carboxylic acids is 2. The number of carbonyl (C=O) groups is 3. The summed E-state index contributed by atoms with van der Waals surface area (Å²) in [5, 5.41) is 9.25. The topological polar surface area (TPSA) is 133 Å². The highest BCUT2D eigenvalue weighted by atomic mass is 16.5. The van der Waals surface area contributed by atoms with E-state index >= 15 is 0 Å². The maximum Gasteiger partial charge on any atom is 0.407 e. The molecule has 2 aliphatic rings. The van der Waals surface area contributed by atoms with E-state index in [1.165, 1.54) is 9.80 Å². The molecule has 206 valence electrons. The number of fused-ring (bicyclic) bond motifs is 1. The van der Waals surface area contributed by atoms with Crippen LogP contribution in [0.4, 0.5) is 4.79 Å². The molecule has 3 aromatic rings. The molecule has 1 N–H and O–H groups in total. The van der Waals surface area contributed by atoms with Gasteiger partial charge >= 0.3 is 6.09 Å². The number of aryl methyl sites for hydroxylation is 1. The second-order valence-corrected chi connectivity index (χ2v) is 9.42. The van der Waals surface area contributed by atoms with Crippen molar-refractivity contribution in [2.24, 2.45) is 7.05 Å². The fourth-order valence-electron chi connectivity index (χ4n) is 4.74. The van der Waals surface area contributed by atoms with Crippen LogP contribution < -0.4 is 14.2 Å². The van der Waals surface area contributed by atoms with Crippen LogP contribution in [0, 0.1) is 0 Å². The molecule has 1 unspecified atom stereocenters. The molecule has 0 aliphatic carbocycles. The number of likely N-dealkylation sites (tertiary alicyclic amines) is 1. The van der Waals surface area contributed by atoms with Crippen molar-refractivity contribution in [3.05, 3.63) is 48.0 Å². The van der Waals surface area contributed by atoms with Crippen molar-refractivity contribution in [2.45, 2.75) is 31.6 Å². The Morgan fingerprint density at radius 1 is 1.18 bits per heavy atom. The SMILES string of the molecule is COc1ccc(CN2C(=O)CCC(Oc3nc4cccc(OC[C@@H]5CN(C(=O)O)CCO5)c4n3C)C2=O)cc1. The average molecular weight is 539 g/mol. The Bertz CT molecular complexity index is 1370. The molecule has 12 nitrogen and oxygen atoms in total. The van der Waals surface area contributed by atoms with Crippen LogP contribution in [-0.4, -0.2) is 88.0 Å². The predicted octanol–water partition coefficient (Wildman–Crippen LogP) is 2.44. The zero-order valence-corrected chi connectivity index (χ0v) is 21.7. The van der Waals surface area contributed by atoms with Gasteiger partial charge in [-0.1, -0.05) is 18.2 Å². The zero-order chi connectivity index (χ0) is 27.5. The van der Waals surface area contributed by atoms with Gasteiger partial charge in [0, 0.05) is 26.4 Å². The molecular weight excluding hydrogens is 508 g/mol. The molecule has 0 radical (unpaired) electrons. The summed E-state index contributed by atoms with van der Waals surface area (Å²) in [6.45, 7) is 1.16. The third-order valence-corrected chi connectivity index (χ3v) is 6.86. The maximum absolute atomic E-state index is 13.2. The summed E-state index contributed by atoms with van der Waals surface area (Å²) in [7, 11) is 3.33. The smallest absolute Gasteiger partial charge is 0.407 e. The quantitative estimate of drug-likeness (QED) is 0.429. The number of rotatable bonds is 8. The van der Waals surface area contributed by atoms with E-state index in [2.05, 4.69) is 4.98 Å². The first-order valence-corrected chi connectivity index (χ1v) is 12.7. The van der Waals surface area contributed by atoms with E-state index in [0.29, 0.717) is 35.7 Å². The Morgan fingerprint density at radius 2 is 1.97 bits per heavy atom. The van der Waals surface area contributed by atoms with Crippen LogP contribution in [0.15, 0.2) is 42.5 Å². The van der Waals surface area contributed by atoms with E-state index in [-0.39, 0.29) is 44.5 Å². The summed E-state index contributed by atoms with van der Waals surface area (Å²) < 4.78 is 24.6. The van der Waals surface area contributed by atoms with Crippen LogP contribution in [0.3, 0.4) is 0 Å². The number of para-hydroxylation sites is 1. The number of piperidine rings is 1. The number of nitrogens with zero attached hydrogens (tertiary/aromatic N) is 4. The van der Waals surface area contributed by atoms with Crippen LogP contribution >= 0.6 is 0 Å². The number of imide groups is 1. The van der Waals surface area contributed by atoms with Gasteiger partial charge in [0.1, 0.15) is 29.7 Å². The normalized spacial score (nSPS) is 19.8. The van der Waals surface area contributed by atoms with Crippen LogP contribution in [0.25, 0.3) is 11.0 Å². The summed E-state index contributed by atoms with van der Waals surface area (Å²) in [4.78, 5) is 44.2. The molecule has 0 bridgehead atoms. The largest absolute Gasteiger partial charge is 0.497 e. The van der Waals surface area contributed by atoms with E-state index in [1.54, 1.807) is 49.1 Å². The van der Waals surface area contributed by atoms with Gasteiger partial charge < -0.3 is 29.0 Å². The summed E-state index contributed by atoms with van der Waals surface area (Å²) in [6, 6.07) is 12.8. The molecule has 1 aromatic heterocycles. The number of methoxy groups -OCH3 is 1. The molecule has 5 rings (SSSR count). The summed E-state index contributed by atoms with van der Waals surface area (Å²) in [5.74, 6) is 0.556. The van der Waals surface area contributed by atoms with Gasteiger partial charge in [-0.25, -0.2) is 4.79 Å². The van der Waals surface area contributed by atoms with E-state index in [9.17, 15) is 19.5 Å². The maximum atomic E-state index is 13.2. The molecular formula is C27H30N4O8. The Morgan fingerprint density at radius 3 is 2.72 bits per heavy atom. The molecule has 2 atom stereocenters. The lowest BCUT2D eigenvalue weighted by atomic mass is 10.1. The number of hydrogen-bond donors (Lipinski definition) is 1. The van der Waals surface area contributed by atoms with Crippen molar-refractivity contribution in [1.82, 2.24) is 19.4 Å². The van der Waals surface area contributed by atoms with Crippen LogP contribution in [0.1, 0.15) is 18.4 Å². The van der Waals surface area contributed by atoms with Gasteiger partial charge in [0.15, 0.2) is 6.10 Å². The number of hydrogen-bond acceptors (Lipinski definition) is 8. The second kappa shape index (κ2) is 11.2. The second-order valence-electron chi connectivity index (χ2n) is 9.42. The van der Waals surface area contributed by atoms with Gasteiger partial charge in [-0.3, -0.25) is 19.1 Å². The van der Waals surface area contributed by atoms with E-state index in [4.69, 9.17) is 18.9 Å². The van der Waals surface area contributed by atoms with Crippen molar-refractivity contribution in [1.29, 1.82) is 0 Å². The van der Waals surface area contributed by atoms with Crippen LogP contribution in [0.5, 0.6) is 17.5 Å². The lowest BCUT2D eigenvalue weighted by Gasteiger charge is -2.31. The van der Waals surface area contributed by atoms with Crippen molar-refractivity contribution in [2.75, 3.05) is 33.4 Å². The highest BCUT2D eigenvalue weighted by Gasteiger charge is 2.37. The summed E-state index contributed by atoms with van der Waals surface area (Å²) in [5.41, 5.74) is 2.07. The average Bonchev–Trinajstić information content (AvgIpc) is 3.27. The van der Waals surface area contributed by atoms with Crippen molar-refractivity contribution in [3.63, 3.8) is 0 Å². The monoisotopic (exact) mass is 538 g/mol. The van der Waals surface area contributed by atoms with E-state index in [1.807, 2.05) is 12.1 Å². The Balaban J connectivity index is 1.29. The van der Waals surface area contributed by atoms with Gasteiger partial charge in [-0.05, 0) is 29.8 Å². The fourth-order valence-corrected chi connectivity index (χ4v) is 4.74. The summed E-state index contributed by atoms with van der Waals surface area (Å²) >= 11 is 0. The fraction of sp³-hybridized carbons (Fsp3) is 0.407. The van der Waals surface area contributed by atoms with Crippen molar-refractivity contribution < 1.29 is 38.4 Å². The van der Waals surface area contributed by atoms with Crippen LogP contribution in [0.2, 0.25) is 0 Å². The molecule has 0 saturated carbocycles. The number of aromatic nitrogens is 2.